The van der Waals surface area contributed by atoms with E-state index >= 15 is 0 Å². The number of esters is 1. The third-order valence-electron chi connectivity index (χ3n) is 3.59. The van der Waals surface area contributed by atoms with Gasteiger partial charge in [-0.2, -0.15) is 0 Å². The number of nitro groups is 1. The van der Waals surface area contributed by atoms with Gasteiger partial charge in [0.05, 0.1) is 16.6 Å². The summed E-state index contributed by atoms with van der Waals surface area (Å²) in [5.41, 5.74) is -0.353. The standard InChI is InChI=1S/C18H15ClFNO5/c1-2-8-26-18(23)11-6-7-15(21(24)25)12(9-11)10-16(22)17-13(19)4-3-5-14(17)20/h2-7,9,16,22H,1,8,10H2. The number of aliphatic hydroxyl groups excluding tert-OH is 1. The van der Waals surface area contributed by atoms with Crippen molar-refractivity contribution in [3.63, 3.8) is 0 Å². The first-order valence-electron chi connectivity index (χ1n) is 7.52. The summed E-state index contributed by atoms with van der Waals surface area (Å²) in [6.07, 6.45) is -0.352. The highest BCUT2D eigenvalue weighted by Crippen LogP contribution is 2.31. The van der Waals surface area contributed by atoms with Crippen molar-refractivity contribution in [2.75, 3.05) is 6.61 Å². The second-order valence-electron chi connectivity index (χ2n) is 5.34. The molecule has 0 fully saturated rings. The molecule has 0 aliphatic rings. The molecule has 0 aromatic heterocycles. The van der Waals surface area contributed by atoms with Crippen LogP contribution in [0.5, 0.6) is 0 Å². The van der Waals surface area contributed by atoms with E-state index in [2.05, 4.69) is 6.58 Å². The minimum atomic E-state index is -1.43. The summed E-state index contributed by atoms with van der Waals surface area (Å²) < 4.78 is 18.8. The van der Waals surface area contributed by atoms with Crippen molar-refractivity contribution < 1.29 is 24.0 Å². The number of nitro benzene ring substituents is 1. The monoisotopic (exact) mass is 379 g/mol. The van der Waals surface area contributed by atoms with Crippen LogP contribution in [-0.4, -0.2) is 22.6 Å². The first kappa shape index (κ1) is 19.6. The second-order valence-corrected chi connectivity index (χ2v) is 5.75. The van der Waals surface area contributed by atoms with Crippen LogP contribution in [0.2, 0.25) is 5.02 Å². The van der Waals surface area contributed by atoms with Gasteiger partial charge in [0, 0.05) is 28.6 Å². The van der Waals surface area contributed by atoms with Crippen molar-refractivity contribution in [1.82, 2.24) is 0 Å². The topological polar surface area (TPSA) is 89.7 Å². The molecule has 1 N–H and O–H groups in total. The van der Waals surface area contributed by atoms with Gasteiger partial charge in [0.1, 0.15) is 12.4 Å². The Hall–Kier alpha value is -2.77. The van der Waals surface area contributed by atoms with Crippen LogP contribution in [0.15, 0.2) is 49.1 Å². The number of rotatable bonds is 7. The number of ether oxygens (including phenoxy) is 1. The highest BCUT2D eigenvalue weighted by Gasteiger charge is 2.23. The fraction of sp³-hybridized carbons (Fsp3) is 0.167. The molecule has 2 aromatic rings. The highest BCUT2D eigenvalue weighted by atomic mass is 35.5. The molecule has 0 bridgehead atoms. The third kappa shape index (κ3) is 4.44. The van der Waals surface area contributed by atoms with Gasteiger partial charge >= 0.3 is 5.97 Å². The predicted molar refractivity (Wildman–Crippen MR) is 93.6 cm³/mol. The SMILES string of the molecule is C=CCOC(=O)c1ccc([N+](=O)[O-])c(CC(O)c2c(F)cccc2Cl)c1. The van der Waals surface area contributed by atoms with Gasteiger partial charge in [0.15, 0.2) is 0 Å². The third-order valence-corrected chi connectivity index (χ3v) is 3.92. The quantitative estimate of drug-likeness (QED) is 0.340. The Morgan fingerprint density at radius 2 is 2.15 bits per heavy atom. The number of benzene rings is 2. The molecular weight excluding hydrogens is 365 g/mol. The van der Waals surface area contributed by atoms with Crippen molar-refractivity contribution in [3.8, 4) is 0 Å². The molecule has 26 heavy (non-hydrogen) atoms. The Morgan fingerprint density at radius 1 is 1.42 bits per heavy atom. The van der Waals surface area contributed by atoms with Gasteiger partial charge in [-0.05, 0) is 24.3 Å². The molecule has 0 saturated carbocycles. The number of halogens is 2. The van der Waals surface area contributed by atoms with Crippen LogP contribution < -0.4 is 0 Å². The molecule has 0 aliphatic carbocycles. The zero-order valence-corrected chi connectivity index (χ0v) is 14.3. The van der Waals surface area contributed by atoms with Gasteiger partial charge in [0.2, 0.25) is 0 Å². The second kappa shape index (κ2) is 8.55. The zero-order chi connectivity index (χ0) is 19.3. The molecule has 6 nitrogen and oxygen atoms in total. The van der Waals surface area contributed by atoms with E-state index in [1.807, 2.05) is 0 Å². The molecule has 2 aromatic carbocycles. The summed E-state index contributed by atoms with van der Waals surface area (Å²) in [6.45, 7) is 3.41. The van der Waals surface area contributed by atoms with Crippen LogP contribution >= 0.6 is 11.6 Å². The fourth-order valence-electron chi connectivity index (χ4n) is 2.41. The van der Waals surface area contributed by atoms with E-state index in [1.165, 1.54) is 30.3 Å². The lowest BCUT2D eigenvalue weighted by Gasteiger charge is -2.14. The lowest BCUT2D eigenvalue weighted by atomic mass is 9.98. The van der Waals surface area contributed by atoms with Crippen molar-refractivity contribution in [2.45, 2.75) is 12.5 Å². The van der Waals surface area contributed by atoms with E-state index in [9.17, 15) is 24.4 Å². The predicted octanol–water partition coefficient (Wildman–Crippen LogP) is 4.01. The van der Waals surface area contributed by atoms with E-state index < -0.39 is 22.8 Å². The zero-order valence-electron chi connectivity index (χ0n) is 13.5. The molecule has 2 rings (SSSR count). The Bertz CT molecular complexity index is 835. The van der Waals surface area contributed by atoms with Crippen LogP contribution in [0.25, 0.3) is 0 Å². The molecule has 0 spiro atoms. The summed E-state index contributed by atoms with van der Waals surface area (Å²) in [5.74, 6) is -1.42. The Morgan fingerprint density at radius 3 is 2.77 bits per heavy atom. The van der Waals surface area contributed by atoms with Gasteiger partial charge in [-0.25, -0.2) is 9.18 Å². The lowest BCUT2D eigenvalue weighted by Crippen LogP contribution is -2.10. The molecule has 0 saturated heterocycles. The van der Waals surface area contributed by atoms with Crippen molar-refractivity contribution in [3.05, 3.63) is 86.7 Å². The number of nitrogens with zero attached hydrogens (tertiary/aromatic N) is 1. The fourth-order valence-corrected chi connectivity index (χ4v) is 2.70. The molecule has 8 heteroatoms. The lowest BCUT2D eigenvalue weighted by molar-refractivity contribution is -0.385. The minimum Gasteiger partial charge on any atom is -0.458 e. The van der Waals surface area contributed by atoms with Gasteiger partial charge in [0.25, 0.3) is 5.69 Å². The number of carbonyl (C=O) groups is 1. The van der Waals surface area contributed by atoms with Crippen molar-refractivity contribution in [1.29, 1.82) is 0 Å². The van der Waals surface area contributed by atoms with Crippen LogP contribution in [0.1, 0.15) is 27.6 Å². The van der Waals surface area contributed by atoms with Crippen LogP contribution in [0.4, 0.5) is 10.1 Å². The average molecular weight is 380 g/mol. The van der Waals surface area contributed by atoms with Gasteiger partial charge in [-0.15, -0.1) is 0 Å². The first-order valence-corrected chi connectivity index (χ1v) is 7.90. The maximum atomic E-state index is 13.9. The number of hydrogen-bond donors (Lipinski definition) is 1. The van der Waals surface area contributed by atoms with E-state index in [4.69, 9.17) is 16.3 Å². The van der Waals surface area contributed by atoms with Crippen molar-refractivity contribution >= 4 is 23.3 Å². The summed E-state index contributed by atoms with van der Waals surface area (Å²) >= 11 is 5.91. The van der Waals surface area contributed by atoms with E-state index in [1.54, 1.807) is 0 Å². The van der Waals surface area contributed by atoms with Gasteiger partial charge < -0.3 is 9.84 Å². The molecule has 0 radical (unpaired) electrons. The maximum Gasteiger partial charge on any atom is 0.338 e. The maximum absolute atomic E-state index is 13.9. The number of carbonyl (C=O) groups excluding carboxylic acids is 1. The summed E-state index contributed by atoms with van der Waals surface area (Å²) in [6, 6.07) is 7.53. The first-order chi connectivity index (χ1) is 12.3. The molecule has 1 atom stereocenters. The average Bonchev–Trinajstić information content (AvgIpc) is 2.59. The van der Waals surface area contributed by atoms with E-state index in [-0.39, 0.29) is 40.4 Å². The van der Waals surface area contributed by atoms with Crippen LogP contribution in [0, 0.1) is 15.9 Å². The normalized spacial score (nSPS) is 11.7. The van der Waals surface area contributed by atoms with Crippen molar-refractivity contribution in [2.24, 2.45) is 0 Å². The highest BCUT2D eigenvalue weighted by molar-refractivity contribution is 6.31. The number of hydrogen-bond acceptors (Lipinski definition) is 5. The molecule has 0 heterocycles. The van der Waals surface area contributed by atoms with Gasteiger partial charge in [-0.3, -0.25) is 10.1 Å². The molecular formula is C18H15ClFNO5. The molecule has 136 valence electrons. The summed E-state index contributed by atoms with van der Waals surface area (Å²) in [5, 5.41) is 21.6. The molecule has 0 amide bonds. The smallest absolute Gasteiger partial charge is 0.338 e. The van der Waals surface area contributed by atoms with Crippen LogP contribution in [0.3, 0.4) is 0 Å². The summed E-state index contributed by atoms with van der Waals surface area (Å²) in [7, 11) is 0. The minimum absolute atomic E-state index is 0.00157. The summed E-state index contributed by atoms with van der Waals surface area (Å²) in [4.78, 5) is 22.5. The van der Waals surface area contributed by atoms with E-state index in [0.717, 1.165) is 12.1 Å². The van der Waals surface area contributed by atoms with E-state index in [0.29, 0.717) is 0 Å². The largest absolute Gasteiger partial charge is 0.458 e. The Balaban J connectivity index is 2.38. The van der Waals surface area contributed by atoms with Gasteiger partial charge in [-0.1, -0.05) is 30.3 Å². The number of aliphatic hydroxyl groups is 1. The Labute approximate surface area is 153 Å². The molecule has 0 aliphatic heterocycles. The van der Waals surface area contributed by atoms with Crippen LogP contribution in [-0.2, 0) is 11.2 Å². The molecule has 1 unspecified atom stereocenters. The Kier molecular flexibility index (Phi) is 6.43.